The molecule has 3 aromatic heterocycles. The van der Waals surface area contributed by atoms with E-state index in [0.29, 0.717) is 11.0 Å². The Labute approximate surface area is 131 Å². The Morgan fingerprint density at radius 2 is 1.86 bits per heavy atom. The third kappa shape index (κ3) is 2.02. The molecule has 0 saturated carbocycles. The highest BCUT2D eigenvalue weighted by molar-refractivity contribution is 6.29. The van der Waals surface area contributed by atoms with Gasteiger partial charge in [-0.05, 0) is 32.0 Å². The number of fused-ring (bicyclic) bond motifs is 2. The van der Waals surface area contributed by atoms with Crippen LogP contribution in [0.15, 0.2) is 36.5 Å². The number of pyridine rings is 1. The Kier molecular flexibility index (Phi) is 2.84. The van der Waals surface area contributed by atoms with Gasteiger partial charge in [0.1, 0.15) is 5.15 Å². The van der Waals surface area contributed by atoms with Crippen LogP contribution in [-0.2, 0) is 0 Å². The van der Waals surface area contributed by atoms with Gasteiger partial charge in [-0.3, -0.25) is 4.98 Å². The highest BCUT2D eigenvalue weighted by atomic mass is 35.5. The van der Waals surface area contributed by atoms with Crippen molar-refractivity contribution in [2.75, 3.05) is 0 Å². The van der Waals surface area contributed by atoms with Crippen molar-refractivity contribution in [3.8, 4) is 11.4 Å². The van der Waals surface area contributed by atoms with Crippen molar-refractivity contribution < 1.29 is 0 Å². The molecule has 4 aromatic rings. The summed E-state index contributed by atoms with van der Waals surface area (Å²) in [6.45, 7) is 3.88. The number of halogens is 1. The average molecular weight is 310 g/mol. The normalized spacial score (nSPS) is 11.4. The maximum atomic E-state index is 5.97. The van der Waals surface area contributed by atoms with E-state index in [2.05, 4.69) is 20.1 Å². The molecule has 3 heterocycles. The zero-order valence-electron chi connectivity index (χ0n) is 12.1. The predicted molar refractivity (Wildman–Crippen MR) is 86.0 cm³/mol. The molecular weight excluding hydrogens is 298 g/mol. The van der Waals surface area contributed by atoms with Gasteiger partial charge >= 0.3 is 0 Å². The van der Waals surface area contributed by atoms with Crippen LogP contribution >= 0.6 is 11.6 Å². The van der Waals surface area contributed by atoms with Crippen LogP contribution in [0, 0.1) is 13.8 Å². The maximum absolute atomic E-state index is 5.97. The van der Waals surface area contributed by atoms with Crippen LogP contribution in [-0.4, -0.2) is 24.6 Å². The molecule has 1 aromatic carbocycles. The molecule has 5 nitrogen and oxygen atoms in total. The lowest BCUT2D eigenvalue weighted by molar-refractivity contribution is 0.891. The summed E-state index contributed by atoms with van der Waals surface area (Å²) in [6, 6.07) is 9.67. The molecule has 4 rings (SSSR count). The molecule has 0 amide bonds. The molecule has 0 aliphatic heterocycles. The number of aryl methyl sites for hydroxylation is 2. The predicted octanol–water partition coefficient (Wildman–Crippen LogP) is 3.61. The molecule has 0 radical (unpaired) electrons. The number of hydrogen-bond acceptors (Lipinski definition) is 4. The van der Waals surface area contributed by atoms with E-state index in [1.807, 2.05) is 42.6 Å². The Bertz CT molecular complexity index is 983. The van der Waals surface area contributed by atoms with Gasteiger partial charge in [-0.1, -0.05) is 23.7 Å². The van der Waals surface area contributed by atoms with E-state index < -0.39 is 0 Å². The quantitative estimate of drug-likeness (QED) is 0.504. The molecule has 0 bridgehead atoms. The fourth-order valence-electron chi connectivity index (χ4n) is 2.45. The van der Waals surface area contributed by atoms with Gasteiger partial charge in [0.15, 0.2) is 11.5 Å². The molecule has 22 heavy (non-hydrogen) atoms. The van der Waals surface area contributed by atoms with Crippen molar-refractivity contribution in [1.82, 2.24) is 24.6 Å². The molecule has 0 unspecified atom stereocenters. The van der Waals surface area contributed by atoms with Crippen molar-refractivity contribution in [1.29, 1.82) is 0 Å². The van der Waals surface area contributed by atoms with E-state index >= 15 is 0 Å². The first-order valence-corrected chi connectivity index (χ1v) is 7.25. The van der Waals surface area contributed by atoms with Crippen LogP contribution in [0.25, 0.3) is 27.9 Å². The van der Waals surface area contributed by atoms with Crippen molar-refractivity contribution in [3.05, 3.63) is 53.1 Å². The summed E-state index contributed by atoms with van der Waals surface area (Å²) >= 11 is 5.97. The maximum Gasteiger partial charge on any atom is 0.182 e. The summed E-state index contributed by atoms with van der Waals surface area (Å²) in [5.74, 6) is 0.655. The fraction of sp³-hybridized carbons (Fsp3) is 0.125. The second kappa shape index (κ2) is 4.74. The van der Waals surface area contributed by atoms with E-state index in [-0.39, 0.29) is 0 Å². The van der Waals surface area contributed by atoms with Crippen LogP contribution in [0.1, 0.15) is 11.4 Å². The third-order valence-electron chi connectivity index (χ3n) is 3.63. The second-order valence-electron chi connectivity index (χ2n) is 5.20. The van der Waals surface area contributed by atoms with Gasteiger partial charge < -0.3 is 0 Å². The Balaban J connectivity index is 1.94. The van der Waals surface area contributed by atoms with Crippen LogP contribution < -0.4 is 0 Å². The monoisotopic (exact) mass is 309 g/mol. The van der Waals surface area contributed by atoms with Crippen LogP contribution in [0.2, 0.25) is 5.15 Å². The van der Waals surface area contributed by atoms with Crippen LogP contribution in [0.4, 0.5) is 0 Å². The standard InChI is InChI=1S/C16H12ClN5/c1-9-8-18-10(2)16-20-15(21-22(9)16)12-4-3-11-5-6-14(17)19-13(11)7-12/h3-8H,1-2H3. The van der Waals surface area contributed by atoms with Gasteiger partial charge in [0.05, 0.1) is 16.9 Å². The Morgan fingerprint density at radius 1 is 1.05 bits per heavy atom. The van der Waals surface area contributed by atoms with Gasteiger partial charge in [0, 0.05) is 17.1 Å². The average Bonchev–Trinajstić information content (AvgIpc) is 2.97. The van der Waals surface area contributed by atoms with E-state index in [0.717, 1.165) is 33.5 Å². The van der Waals surface area contributed by atoms with Crippen LogP contribution in [0.5, 0.6) is 0 Å². The van der Waals surface area contributed by atoms with Crippen molar-refractivity contribution >= 4 is 28.2 Å². The topological polar surface area (TPSA) is 56.0 Å². The van der Waals surface area contributed by atoms with E-state index in [1.54, 1.807) is 12.3 Å². The first-order valence-electron chi connectivity index (χ1n) is 6.87. The van der Waals surface area contributed by atoms with E-state index in [1.165, 1.54) is 0 Å². The number of benzene rings is 1. The minimum absolute atomic E-state index is 0.475. The number of rotatable bonds is 1. The third-order valence-corrected chi connectivity index (χ3v) is 3.84. The Hall–Kier alpha value is -2.53. The van der Waals surface area contributed by atoms with Gasteiger partial charge in [-0.15, -0.1) is 5.10 Å². The number of aromatic nitrogens is 5. The largest absolute Gasteiger partial charge is 0.256 e. The van der Waals surface area contributed by atoms with Crippen molar-refractivity contribution in [2.45, 2.75) is 13.8 Å². The summed E-state index contributed by atoms with van der Waals surface area (Å²) in [5, 5.41) is 6.09. The smallest absolute Gasteiger partial charge is 0.182 e. The second-order valence-corrected chi connectivity index (χ2v) is 5.58. The lowest BCUT2D eigenvalue weighted by Gasteiger charge is -2.00. The first-order chi connectivity index (χ1) is 10.6. The number of nitrogens with zero attached hydrogens (tertiary/aromatic N) is 5. The Morgan fingerprint density at radius 3 is 2.68 bits per heavy atom. The molecule has 0 fully saturated rings. The van der Waals surface area contributed by atoms with E-state index in [9.17, 15) is 0 Å². The summed E-state index contributed by atoms with van der Waals surface area (Å²) in [7, 11) is 0. The molecule has 0 N–H and O–H groups in total. The summed E-state index contributed by atoms with van der Waals surface area (Å²) in [4.78, 5) is 13.3. The lowest BCUT2D eigenvalue weighted by atomic mass is 10.1. The summed E-state index contributed by atoms with van der Waals surface area (Å²) < 4.78 is 1.81. The lowest BCUT2D eigenvalue weighted by Crippen LogP contribution is -1.97. The molecule has 0 atom stereocenters. The zero-order valence-corrected chi connectivity index (χ0v) is 12.8. The highest BCUT2D eigenvalue weighted by Gasteiger charge is 2.11. The fourth-order valence-corrected chi connectivity index (χ4v) is 2.60. The zero-order chi connectivity index (χ0) is 15.3. The van der Waals surface area contributed by atoms with Crippen LogP contribution in [0.3, 0.4) is 0 Å². The van der Waals surface area contributed by atoms with E-state index in [4.69, 9.17) is 11.6 Å². The number of hydrogen-bond donors (Lipinski definition) is 0. The summed E-state index contributed by atoms with van der Waals surface area (Å²) in [6.07, 6.45) is 1.79. The van der Waals surface area contributed by atoms with Crippen molar-refractivity contribution in [2.24, 2.45) is 0 Å². The minimum Gasteiger partial charge on any atom is -0.256 e. The summed E-state index contributed by atoms with van der Waals surface area (Å²) in [5.41, 5.74) is 4.31. The van der Waals surface area contributed by atoms with Gasteiger partial charge in [-0.2, -0.15) is 0 Å². The van der Waals surface area contributed by atoms with Gasteiger partial charge in [-0.25, -0.2) is 14.5 Å². The van der Waals surface area contributed by atoms with Gasteiger partial charge in [0.25, 0.3) is 0 Å². The molecule has 6 heteroatoms. The molecule has 0 aliphatic carbocycles. The molecule has 108 valence electrons. The minimum atomic E-state index is 0.475. The molecular formula is C16H12ClN5. The molecule has 0 saturated heterocycles. The molecule has 0 spiro atoms. The molecule has 0 aliphatic rings. The highest BCUT2D eigenvalue weighted by Crippen LogP contribution is 2.23. The van der Waals surface area contributed by atoms with Gasteiger partial charge in [0.2, 0.25) is 0 Å². The van der Waals surface area contributed by atoms with Crippen molar-refractivity contribution in [3.63, 3.8) is 0 Å². The SMILES string of the molecule is Cc1ncc(C)n2nc(-c3ccc4ccc(Cl)nc4c3)nc12. The first kappa shape index (κ1) is 13.2.